The van der Waals surface area contributed by atoms with Crippen molar-refractivity contribution in [1.29, 1.82) is 0 Å². The summed E-state index contributed by atoms with van der Waals surface area (Å²) in [7, 11) is 0. The van der Waals surface area contributed by atoms with Gasteiger partial charge in [-0.25, -0.2) is 4.79 Å². The van der Waals surface area contributed by atoms with E-state index in [2.05, 4.69) is 25.6 Å². The van der Waals surface area contributed by atoms with Crippen molar-refractivity contribution in [2.45, 2.75) is 46.1 Å². The summed E-state index contributed by atoms with van der Waals surface area (Å²) < 4.78 is 11.1. The zero-order valence-electron chi connectivity index (χ0n) is 21.4. The summed E-state index contributed by atoms with van der Waals surface area (Å²) in [5.74, 6) is -1.07. The number of ketones is 1. The second-order valence-corrected chi connectivity index (χ2v) is 10.2. The largest absolute Gasteiger partial charge is 0.507 e. The number of nitrogens with one attached hydrogen (secondary N) is 1. The highest BCUT2D eigenvalue weighted by molar-refractivity contribution is 6.37. The molecule has 8 nitrogen and oxygen atoms in total. The third-order valence-corrected chi connectivity index (χ3v) is 6.21. The van der Waals surface area contributed by atoms with Gasteiger partial charge in [0.2, 0.25) is 0 Å². The zero-order valence-corrected chi connectivity index (χ0v) is 22.9. The van der Waals surface area contributed by atoms with Crippen LogP contribution >= 0.6 is 23.2 Å². The number of carbonyl (C=O) groups excluding carboxylic acids is 3. The quantitative estimate of drug-likeness (QED) is 0.241. The van der Waals surface area contributed by atoms with Crippen molar-refractivity contribution < 1.29 is 33.8 Å². The van der Waals surface area contributed by atoms with Crippen molar-refractivity contribution in [3.8, 4) is 17.2 Å². The molecular formula is C28H27Cl2NO7. The molecule has 0 bridgehead atoms. The number of hydroxylamine groups is 1. The van der Waals surface area contributed by atoms with Gasteiger partial charge in [0.25, 0.3) is 0 Å². The van der Waals surface area contributed by atoms with Gasteiger partial charge in [-0.15, -0.1) is 5.48 Å². The molecular weight excluding hydrogens is 533 g/mol. The lowest BCUT2D eigenvalue weighted by molar-refractivity contribution is -0.147. The number of phenols is 1. The van der Waals surface area contributed by atoms with Crippen molar-refractivity contribution in [1.82, 2.24) is 5.48 Å². The minimum Gasteiger partial charge on any atom is -0.507 e. The van der Waals surface area contributed by atoms with Crippen LogP contribution in [0.15, 0.2) is 54.6 Å². The van der Waals surface area contributed by atoms with Crippen molar-refractivity contribution in [3.63, 3.8) is 0 Å². The number of ether oxygens (including phenoxy) is 2. The Balaban J connectivity index is 1.85. The molecule has 10 heteroatoms. The molecule has 1 amide bonds. The maximum Gasteiger partial charge on any atom is 0.441 e. The van der Waals surface area contributed by atoms with Crippen LogP contribution in [0.5, 0.6) is 17.2 Å². The van der Waals surface area contributed by atoms with E-state index in [1.54, 1.807) is 25.1 Å². The Bertz CT molecular complexity index is 1360. The highest BCUT2D eigenvalue weighted by atomic mass is 35.5. The topological polar surface area (TPSA) is 111 Å². The maximum atomic E-state index is 13.2. The molecule has 0 aromatic heterocycles. The Kier molecular flexibility index (Phi) is 8.91. The van der Waals surface area contributed by atoms with Crippen molar-refractivity contribution in [3.05, 3.63) is 86.9 Å². The molecule has 0 spiro atoms. The highest BCUT2D eigenvalue weighted by Crippen LogP contribution is 2.42. The van der Waals surface area contributed by atoms with E-state index in [0.717, 1.165) is 12.5 Å². The number of rotatable bonds is 6. The molecule has 0 aliphatic rings. The Labute approximate surface area is 230 Å². The van der Waals surface area contributed by atoms with Gasteiger partial charge in [0.15, 0.2) is 11.5 Å². The average molecular weight is 560 g/mol. The summed E-state index contributed by atoms with van der Waals surface area (Å²) in [6, 6.07) is 14.4. The molecule has 0 aliphatic heterocycles. The summed E-state index contributed by atoms with van der Waals surface area (Å²) in [6.45, 7) is 8.90. The van der Waals surface area contributed by atoms with Crippen LogP contribution in [0.25, 0.3) is 0 Å². The van der Waals surface area contributed by atoms with Gasteiger partial charge in [0.1, 0.15) is 17.6 Å². The van der Waals surface area contributed by atoms with E-state index in [0.29, 0.717) is 11.1 Å². The molecule has 3 rings (SSSR count). The lowest BCUT2D eigenvalue weighted by Crippen LogP contribution is -2.27. The highest BCUT2D eigenvalue weighted by Gasteiger charge is 2.22. The minimum absolute atomic E-state index is 0.0354. The van der Waals surface area contributed by atoms with Crippen LogP contribution < -0.4 is 10.2 Å². The molecule has 38 heavy (non-hydrogen) atoms. The lowest BCUT2D eigenvalue weighted by Gasteiger charge is -2.19. The predicted octanol–water partition coefficient (Wildman–Crippen LogP) is 7.29. The Morgan fingerprint density at radius 2 is 1.63 bits per heavy atom. The number of carbonyl (C=O) groups is 3. The molecule has 2 N–H and O–H groups in total. The van der Waals surface area contributed by atoms with Crippen molar-refractivity contribution in [2.24, 2.45) is 0 Å². The van der Waals surface area contributed by atoms with Gasteiger partial charge in [-0.1, -0.05) is 74.3 Å². The SMILES string of the molecule is CC(=O)ONC(=O)OC(C)c1ccc(Cl)c(Oc2ccc(O)c(C(=O)c3ccc(C(C)(C)C)cc3)c2)c1Cl. The summed E-state index contributed by atoms with van der Waals surface area (Å²) in [5, 5.41) is 10.6. The van der Waals surface area contributed by atoms with E-state index in [-0.39, 0.29) is 44.1 Å². The molecule has 0 saturated heterocycles. The fourth-order valence-corrected chi connectivity index (χ4v) is 4.07. The van der Waals surface area contributed by atoms with Crippen LogP contribution in [0.4, 0.5) is 4.79 Å². The van der Waals surface area contributed by atoms with E-state index >= 15 is 0 Å². The molecule has 3 aromatic carbocycles. The molecule has 1 atom stereocenters. The molecule has 0 fully saturated rings. The Morgan fingerprint density at radius 3 is 2.24 bits per heavy atom. The Morgan fingerprint density at radius 1 is 0.974 bits per heavy atom. The van der Waals surface area contributed by atoms with Gasteiger partial charge in [-0.3, -0.25) is 9.59 Å². The van der Waals surface area contributed by atoms with Crippen molar-refractivity contribution in [2.75, 3.05) is 0 Å². The normalized spacial score (nSPS) is 11.9. The number of hydrogen-bond acceptors (Lipinski definition) is 7. The monoisotopic (exact) mass is 559 g/mol. The van der Waals surface area contributed by atoms with E-state index in [4.69, 9.17) is 32.7 Å². The van der Waals surface area contributed by atoms with Gasteiger partial charge in [-0.2, -0.15) is 0 Å². The van der Waals surface area contributed by atoms with Gasteiger partial charge < -0.3 is 19.4 Å². The first-order chi connectivity index (χ1) is 17.8. The fourth-order valence-electron chi connectivity index (χ4n) is 3.47. The molecule has 0 radical (unpaired) electrons. The third-order valence-electron chi connectivity index (χ3n) is 5.52. The molecule has 0 heterocycles. The third kappa shape index (κ3) is 6.96. The maximum absolute atomic E-state index is 13.2. The molecule has 3 aromatic rings. The number of halogens is 2. The van der Waals surface area contributed by atoms with Crippen molar-refractivity contribution >= 4 is 41.0 Å². The number of benzene rings is 3. The van der Waals surface area contributed by atoms with Crippen LogP contribution in [-0.4, -0.2) is 23.0 Å². The van der Waals surface area contributed by atoms with Crippen LogP contribution in [0, 0.1) is 0 Å². The Hall–Kier alpha value is -3.75. The van der Waals surface area contributed by atoms with Crippen LogP contribution in [0.2, 0.25) is 10.0 Å². The summed E-state index contributed by atoms with van der Waals surface area (Å²) in [4.78, 5) is 40.2. The number of phenolic OH excluding ortho intramolecular Hbond substituents is 1. The fraction of sp³-hybridized carbons (Fsp3) is 0.250. The van der Waals surface area contributed by atoms with E-state index < -0.39 is 18.2 Å². The molecule has 0 aliphatic carbocycles. The van der Waals surface area contributed by atoms with Gasteiger partial charge in [0.05, 0.1) is 15.6 Å². The van der Waals surface area contributed by atoms with E-state index in [9.17, 15) is 19.5 Å². The van der Waals surface area contributed by atoms with Gasteiger partial charge in [-0.05, 0) is 42.2 Å². The van der Waals surface area contributed by atoms with Crippen LogP contribution in [-0.2, 0) is 19.8 Å². The average Bonchev–Trinajstić information content (AvgIpc) is 2.85. The standard InChI is InChI=1S/C28H27Cl2NO7/c1-15(36-27(35)31-38-16(2)32)20-11-12-22(29)26(24(20)30)37-19-10-13-23(33)21(14-19)25(34)17-6-8-18(9-7-17)28(3,4)5/h6-15,33H,1-5H3,(H,31,35). The summed E-state index contributed by atoms with van der Waals surface area (Å²) in [6.07, 6.45) is -1.87. The zero-order chi connectivity index (χ0) is 28.2. The minimum atomic E-state index is -1.00. The van der Waals surface area contributed by atoms with E-state index in [1.807, 2.05) is 17.6 Å². The first-order valence-electron chi connectivity index (χ1n) is 11.6. The summed E-state index contributed by atoms with van der Waals surface area (Å²) >= 11 is 12.9. The summed E-state index contributed by atoms with van der Waals surface area (Å²) in [5.41, 5.74) is 3.65. The molecule has 0 saturated carbocycles. The second kappa shape index (κ2) is 11.8. The number of aromatic hydroxyl groups is 1. The predicted molar refractivity (Wildman–Crippen MR) is 143 cm³/mol. The molecule has 1 unspecified atom stereocenters. The van der Waals surface area contributed by atoms with Gasteiger partial charge in [0, 0.05) is 18.1 Å². The lowest BCUT2D eigenvalue weighted by atomic mass is 9.86. The smallest absolute Gasteiger partial charge is 0.441 e. The van der Waals surface area contributed by atoms with E-state index in [1.165, 1.54) is 24.3 Å². The van der Waals surface area contributed by atoms with Gasteiger partial charge >= 0.3 is 12.1 Å². The van der Waals surface area contributed by atoms with Crippen LogP contribution in [0.3, 0.4) is 0 Å². The number of amides is 1. The second-order valence-electron chi connectivity index (χ2n) is 9.46. The first-order valence-corrected chi connectivity index (χ1v) is 12.3. The first kappa shape index (κ1) is 28.8. The molecule has 200 valence electrons. The number of hydrogen-bond donors (Lipinski definition) is 2. The van der Waals surface area contributed by atoms with Crippen LogP contribution in [0.1, 0.15) is 67.8 Å².